The summed E-state index contributed by atoms with van der Waals surface area (Å²) in [7, 11) is 0. The van der Waals surface area contributed by atoms with Gasteiger partial charge in [-0.25, -0.2) is 0 Å². The largest absolute Gasteiger partial charge is 0.390 e. The second-order valence-electron chi connectivity index (χ2n) is 6.13. The van der Waals surface area contributed by atoms with Gasteiger partial charge in [-0.1, -0.05) is 50.6 Å². The molecule has 1 aromatic rings. The van der Waals surface area contributed by atoms with Crippen molar-refractivity contribution in [2.75, 3.05) is 0 Å². The fraction of sp³-hybridized carbons (Fsp3) is 0.647. The molecule has 0 bridgehead atoms. The predicted molar refractivity (Wildman–Crippen MR) is 76.7 cm³/mol. The van der Waals surface area contributed by atoms with Gasteiger partial charge in [0.25, 0.3) is 0 Å². The van der Waals surface area contributed by atoms with Crippen LogP contribution in [0.15, 0.2) is 30.3 Å². The van der Waals surface area contributed by atoms with Gasteiger partial charge in [-0.05, 0) is 49.5 Å². The van der Waals surface area contributed by atoms with E-state index in [0.29, 0.717) is 11.8 Å². The predicted octanol–water partition coefficient (Wildman–Crippen LogP) is 4.51. The Hall–Kier alpha value is -0.820. The van der Waals surface area contributed by atoms with Gasteiger partial charge in [0.2, 0.25) is 0 Å². The molecule has 2 rings (SSSR count). The maximum atomic E-state index is 10.6. The molecule has 0 heterocycles. The fourth-order valence-electron chi connectivity index (χ4n) is 3.21. The van der Waals surface area contributed by atoms with Crippen LogP contribution in [0.3, 0.4) is 0 Å². The normalized spacial score (nSPS) is 30.1. The Labute approximate surface area is 111 Å². The molecule has 1 aliphatic carbocycles. The average Bonchev–Trinajstić information content (AvgIpc) is 2.40. The van der Waals surface area contributed by atoms with Gasteiger partial charge in [-0.3, -0.25) is 0 Å². The van der Waals surface area contributed by atoms with E-state index in [-0.39, 0.29) is 5.60 Å². The van der Waals surface area contributed by atoms with Gasteiger partial charge in [0.05, 0.1) is 5.60 Å². The summed E-state index contributed by atoms with van der Waals surface area (Å²) in [5.41, 5.74) is 1.06. The van der Waals surface area contributed by atoms with E-state index in [4.69, 9.17) is 0 Å². The molecule has 1 nitrogen and oxygen atoms in total. The van der Waals surface area contributed by atoms with Crippen molar-refractivity contribution in [2.45, 2.75) is 63.9 Å². The molecule has 1 saturated carbocycles. The lowest BCUT2D eigenvalue weighted by Gasteiger charge is -2.37. The van der Waals surface area contributed by atoms with E-state index in [2.05, 4.69) is 44.2 Å². The average molecular weight is 246 g/mol. The first-order valence-corrected chi connectivity index (χ1v) is 7.40. The summed E-state index contributed by atoms with van der Waals surface area (Å²) in [6, 6.07) is 10.8. The molecular formula is C17H26O. The number of hydrogen-bond donors (Lipinski definition) is 1. The number of benzene rings is 1. The molecule has 0 spiro atoms. The van der Waals surface area contributed by atoms with Crippen LogP contribution in [0.2, 0.25) is 0 Å². The second-order valence-corrected chi connectivity index (χ2v) is 6.13. The Kier molecular flexibility index (Phi) is 4.45. The van der Waals surface area contributed by atoms with Gasteiger partial charge in [-0.2, -0.15) is 0 Å². The Morgan fingerprint density at radius 3 is 2.39 bits per heavy atom. The van der Waals surface area contributed by atoms with Crippen molar-refractivity contribution in [1.82, 2.24) is 0 Å². The summed E-state index contributed by atoms with van der Waals surface area (Å²) < 4.78 is 0. The minimum absolute atomic E-state index is 0.388. The molecule has 1 aliphatic rings. The maximum Gasteiger partial charge on any atom is 0.0650 e. The fourth-order valence-corrected chi connectivity index (χ4v) is 3.21. The molecule has 1 aromatic carbocycles. The number of aliphatic hydroxyl groups is 1. The van der Waals surface area contributed by atoms with Crippen LogP contribution in [-0.4, -0.2) is 10.7 Å². The molecule has 0 radical (unpaired) electrons. The lowest BCUT2D eigenvalue weighted by molar-refractivity contribution is -0.0204. The molecule has 1 N–H and O–H groups in total. The molecule has 1 atom stereocenters. The molecule has 18 heavy (non-hydrogen) atoms. The van der Waals surface area contributed by atoms with E-state index in [1.54, 1.807) is 0 Å². The van der Waals surface area contributed by atoms with Gasteiger partial charge < -0.3 is 5.11 Å². The third kappa shape index (κ3) is 3.35. The maximum absolute atomic E-state index is 10.6. The first-order chi connectivity index (χ1) is 8.63. The highest BCUT2D eigenvalue weighted by atomic mass is 16.3. The number of rotatable bonds is 4. The monoisotopic (exact) mass is 246 g/mol. The molecule has 0 aromatic heterocycles. The zero-order valence-corrected chi connectivity index (χ0v) is 11.7. The first kappa shape index (κ1) is 13.6. The second kappa shape index (κ2) is 5.88. The van der Waals surface area contributed by atoms with Crippen molar-refractivity contribution in [1.29, 1.82) is 0 Å². The van der Waals surface area contributed by atoms with Gasteiger partial charge in [0.1, 0.15) is 0 Å². The van der Waals surface area contributed by atoms with Crippen LogP contribution in [0.4, 0.5) is 0 Å². The summed E-state index contributed by atoms with van der Waals surface area (Å²) in [5.74, 6) is 1.30. The van der Waals surface area contributed by atoms with Crippen molar-refractivity contribution >= 4 is 0 Å². The van der Waals surface area contributed by atoms with Crippen molar-refractivity contribution in [3.63, 3.8) is 0 Å². The van der Waals surface area contributed by atoms with E-state index in [0.717, 1.165) is 32.1 Å². The highest BCUT2D eigenvalue weighted by Crippen LogP contribution is 2.40. The van der Waals surface area contributed by atoms with Gasteiger partial charge in [-0.15, -0.1) is 0 Å². The van der Waals surface area contributed by atoms with E-state index in [1.165, 1.54) is 12.0 Å². The van der Waals surface area contributed by atoms with Crippen molar-refractivity contribution in [3.05, 3.63) is 35.9 Å². The van der Waals surface area contributed by atoms with Crippen LogP contribution in [0.1, 0.15) is 63.9 Å². The number of hydrogen-bond acceptors (Lipinski definition) is 1. The van der Waals surface area contributed by atoms with Crippen LogP contribution in [0.25, 0.3) is 0 Å². The van der Waals surface area contributed by atoms with E-state index < -0.39 is 0 Å². The minimum atomic E-state index is -0.388. The van der Waals surface area contributed by atoms with Crippen molar-refractivity contribution in [2.24, 2.45) is 5.92 Å². The lowest BCUT2D eigenvalue weighted by atomic mass is 9.73. The Morgan fingerprint density at radius 1 is 1.22 bits per heavy atom. The Balaban J connectivity index is 1.91. The zero-order chi connectivity index (χ0) is 13.0. The summed E-state index contributed by atoms with van der Waals surface area (Å²) in [4.78, 5) is 0. The quantitative estimate of drug-likeness (QED) is 0.828. The van der Waals surface area contributed by atoms with Gasteiger partial charge in [0, 0.05) is 0 Å². The SMILES string of the molecule is CCC(C)CC1(O)CCC(c2ccccc2)CC1. The Bertz CT molecular complexity index is 349. The van der Waals surface area contributed by atoms with E-state index in [1.807, 2.05) is 0 Å². The molecule has 0 saturated heterocycles. The topological polar surface area (TPSA) is 20.2 Å². The van der Waals surface area contributed by atoms with Crippen LogP contribution in [0, 0.1) is 5.92 Å². The molecular weight excluding hydrogens is 220 g/mol. The van der Waals surface area contributed by atoms with E-state index >= 15 is 0 Å². The Morgan fingerprint density at radius 2 is 1.83 bits per heavy atom. The first-order valence-electron chi connectivity index (χ1n) is 7.40. The van der Waals surface area contributed by atoms with Crippen LogP contribution >= 0.6 is 0 Å². The summed E-state index contributed by atoms with van der Waals surface area (Å²) in [6.07, 6.45) is 6.36. The van der Waals surface area contributed by atoms with E-state index in [9.17, 15) is 5.11 Å². The molecule has 0 aliphatic heterocycles. The highest BCUT2D eigenvalue weighted by molar-refractivity contribution is 5.20. The zero-order valence-electron chi connectivity index (χ0n) is 11.7. The smallest absolute Gasteiger partial charge is 0.0650 e. The standard InChI is InChI=1S/C17H26O/c1-3-14(2)13-17(18)11-9-16(10-12-17)15-7-5-4-6-8-15/h4-8,14,16,18H,3,9-13H2,1-2H3. The lowest BCUT2D eigenvalue weighted by Crippen LogP contribution is -2.35. The summed E-state index contributed by atoms with van der Waals surface area (Å²) in [5, 5.41) is 10.6. The van der Waals surface area contributed by atoms with Crippen molar-refractivity contribution in [3.8, 4) is 0 Å². The molecule has 1 unspecified atom stereocenters. The minimum Gasteiger partial charge on any atom is -0.390 e. The van der Waals surface area contributed by atoms with Crippen molar-refractivity contribution < 1.29 is 5.11 Å². The summed E-state index contributed by atoms with van der Waals surface area (Å²) in [6.45, 7) is 4.46. The molecule has 0 amide bonds. The van der Waals surface area contributed by atoms with Crippen LogP contribution in [0.5, 0.6) is 0 Å². The molecule has 1 fully saturated rings. The van der Waals surface area contributed by atoms with Crippen LogP contribution < -0.4 is 0 Å². The molecule has 1 heteroatoms. The van der Waals surface area contributed by atoms with Gasteiger partial charge >= 0.3 is 0 Å². The van der Waals surface area contributed by atoms with Gasteiger partial charge in [0.15, 0.2) is 0 Å². The van der Waals surface area contributed by atoms with Crippen LogP contribution in [-0.2, 0) is 0 Å². The highest BCUT2D eigenvalue weighted by Gasteiger charge is 2.34. The third-order valence-corrected chi connectivity index (χ3v) is 4.61. The third-order valence-electron chi connectivity index (χ3n) is 4.61. The molecule has 100 valence electrons. The summed E-state index contributed by atoms with van der Waals surface area (Å²) >= 11 is 0.